The number of nitrogens with one attached hydrogen (secondary N) is 1. The molecule has 0 bridgehead atoms. The Balaban J connectivity index is 1.48. The molecule has 0 radical (unpaired) electrons. The van der Waals surface area contributed by atoms with E-state index in [1.165, 1.54) is 17.4 Å². The second kappa shape index (κ2) is 11.8. The van der Waals surface area contributed by atoms with Crippen molar-refractivity contribution in [2.45, 2.75) is 39.0 Å². The highest BCUT2D eigenvalue weighted by atomic mass is 32.1. The van der Waals surface area contributed by atoms with Crippen LogP contribution in [0, 0.1) is 11.6 Å². The molecular weight excluding hydrogens is 612 g/mol. The van der Waals surface area contributed by atoms with Crippen LogP contribution < -0.4 is 10.1 Å². The third-order valence-electron chi connectivity index (χ3n) is 8.40. The molecule has 46 heavy (non-hydrogen) atoms. The molecule has 2 aliphatic rings. The van der Waals surface area contributed by atoms with Gasteiger partial charge in [0.15, 0.2) is 0 Å². The van der Waals surface area contributed by atoms with E-state index in [2.05, 4.69) is 11.9 Å². The Kier molecular flexibility index (Phi) is 7.61. The zero-order valence-electron chi connectivity index (χ0n) is 24.8. The third-order valence-corrected chi connectivity index (χ3v) is 9.33. The Hall–Kier alpha value is -4.94. The Morgan fingerprint density at radius 3 is 2.83 bits per heavy atom. The second-order valence-electron chi connectivity index (χ2n) is 11.3. The summed E-state index contributed by atoms with van der Waals surface area (Å²) in [4.78, 5) is 31.4. The maximum absolute atomic E-state index is 15.9. The third kappa shape index (κ3) is 5.13. The van der Waals surface area contributed by atoms with E-state index in [4.69, 9.17) is 14.8 Å². The van der Waals surface area contributed by atoms with Crippen LogP contribution in [-0.2, 0) is 35.6 Å². The molecule has 2 aliphatic heterocycles. The standard InChI is InChI=1S/C34H29F2N5O4S/c1-3-29(44)40-17-23-14-26(39-41(23)16-18(40)2)33-31(30-25(36)12-22(35)13-27(30)45-8-7-42)34-24(6-9-46-34)32(38-33)20-5-4-19-11-28(43)37-15-21(19)10-20/h3-6,9-10,12-14,18,42H,1,7-8,11,15-17H2,2H3,(H,37,43). The Labute approximate surface area is 266 Å². The minimum atomic E-state index is -0.844. The molecule has 5 heterocycles. The Bertz CT molecular complexity index is 2060. The van der Waals surface area contributed by atoms with Crippen molar-refractivity contribution in [3.8, 4) is 39.5 Å². The van der Waals surface area contributed by atoms with E-state index in [1.807, 2.05) is 47.3 Å². The molecular formula is C34H29F2N5O4S. The van der Waals surface area contributed by atoms with Gasteiger partial charge in [0.05, 0.1) is 43.1 Å². The quantitative estimate of drug-likeness (QED) is 0.236. The fourth-order valence-electron chi connectivity index (χ4n) is 6.21. The fourth-order valence-corrected chi connectivity index (χ4v) is 7.16. The van der Waals surface area contributed by atoms with Gasteiger partial charge in [-0.1, -0.05) is 18.7 Å². The van der Waals surface area contributed by atoms with Gasteiger partial charge in [-0.3, -0.25) is 14.3 Å². The van der Waals surface area contributed by atoms with Crippen molar-refractivity contribution in [2.75, 3.05) is 13.2 Å². The summed E-state index contributed by atoms with van der Waals surface area (Å²) < 4.78 is 38.7. The number of hydrogen-bond acceptors (Lipinski definition) is 7. The van der Waals surface area contributed by atoms with Crippen LogP contribution in [0.25, 0.3) is 43.9 Å². The summed E-state index contributed by atoms with van der Waals surface area (Å²) in [6.07, 6.45) is 1.58. The van der Waals surface area contributed by atoms with Crippen LogP contribution in [0.1, 0.15) is 23.7 Å². The molecule has 3 aromatic heterocycles. The largest absolute Gasteiger partial charge is 0.490 e. The van der Waals surface area contributed by atoms with Gasteiger partial charge in [0.25, 0.3) is 0 Å². The SMILES string of the molecule is C=CC(=O)N1Cc2cc(-c3nc(-c4ccc5c(c4)CNC(=O)C5)c4ccsc4c3-c3c(F)cc(F)cc3OCCO)nn2CC1C. The Morgan fingerprint density at radius 1 is 1.17 bits per heavy atom. The summed E-state index contributed by atoms with van der Waals surface area (Å²) in [6.45, 7) is 6.18. The minimum Gasteiger partial charge on any atom is -0.490 e. The van der Waals surface area contributed by atoms with Crippen LogP contribution in [0.3, 0.4) is 0 Å². The highest BCUT2D eigenvalue weighted by Crippen LogP contribution is 2.47. The Morgan fingerprint density at radius 2 is 2.02 bits per heavy atom. The fraction of sp³-hybridized carbons (Fsp3) is 0.235. The molecule has 2 aromatic carbocycles. The maximum atomic E-state index is 15.9. The molecule has 9 nitrogen and oxygen atoms in total. The van der Waals surface area contributed by atoms with Gasteiger partial charge in [0.2, 0.25) is 11.8 Å². The number of ether oxygens (including phenoxy) is 1. The smallest absolute Gasteiger partial charge is 0.246 e. The number of halogens is 2. The van der Waals surface area contributed by atoms with Gasteiger partial charge in [0.1, 0.15) is 35.4 Å². The molecule has 0 aliphatic carbocycles. The first-order valence-corrected chi connectivity index (χ1v) is 15.7. The first-order chi connectivity index (χ1) is 22.2. The summed E-state index contributed by atoms with van der Waals surface area (Å²) in [5.41, 5.74) is 5.33. The van der Waals surface area contributed by atoms with Gasteiger partial charge >= 0.3 is 0 Å². The van der Waals surface area contributed by atoms with E-state index >= 15 is 4.39 Å². The van der Waals surface area contributed by atoms with Gasteiger partial charge < -0.3 is 20.1 Å². The molecule has 7 rings (SSSR count). The zero-order chi connectivity index (χ0) is 32.1. The number of rotatable bonds is 7. The first kappa shape index (κ1) is 29.8. The van der Waals surface area contributed by atoms with Crippen molar-refractivity contribution < 1.29 is 28.2 Å². The van der Waals surface area contributed by atoms with Crippen molar-refractivity contribution in [2.24, 2.45) is 0 Å². The highest BCUT2D eigenvalue weighted by Gasteiger charge is 2.31. The number of pyridine rings is 1. The van der Waals surface area contributed by atoms with Crippen molar-refractivity contribution in [3.05, 3.63) is 89.0 Å². The van der Waals surface area contributed by atoms with Crippen molar-refractivity contribution >= 4 is 33.2 Å². The molecule has 0 saturated carbocycles. The number of carbonyl (C=O) groups is 2. The van der Waals surface area contributed by atoms with Gasteiger partial charge in [-0.05, 0) is 47.7 Å². The summed E-state index contributed by atoms with van der Waals surface area (Å²) >= 11 is 1.38. The van der Waals surface area contributed by atoms with Gasteiger partial charge in [0, 0.05) is 45.9 Å². The number of nitrogens with zero attached hydrogens (tertiary/aromatic N) is 4. The van der Waals surface area contributed by atoms with Crippen LogP contribution in [0.5, 0.6) is 5.75 Å². The second-order valence-corrected chi connectivity index (χ2v) is 12.3. The van der Waals surface area contributed by atoms with E-state index in [0.717, 1.165) is 39.9 Å². The maximum Gasteiger partial charge on any atom is 0.246 e. The predicted molar refractivity (Wildman–Crippen MR) is 170 cm³/mol. The van der Waals surface area contributed by atoms with Gasteiger partial charge in [-0.15, -0.1) is 11.3 Å². The normalized spacial score (nSPS) is 15.8. The first-order valence-electron chi connectivity index (χ1n) is 14.8. The number of benzene rings is 2. The van der Waals surface area contributed by atoms with Gasteiger partial charge in [-0.2, -0.15) is 5.10 Å². The van der Waals surface area contributed by atoms with E-state index in [0.29, 0.717) is 53.4 Å². The molecule has 1 atom stereocenters. The highest BCUT2D eigenvalue weighted by molar-refractivity contribution is 7.18. The topological polar surface area (TPSA) is 110 Å². The zero-order valence-corrected chi connectivity index (χ0v) is 25.7. The lowest BCUT2D eigenvalue weighted by atomic mass is 9.94. The van der Waals surface area contributed by atoms with Crippen LogP contribution in [0.15, 0.2) is 60.5 Å². The van der Waals surface area contributed by atoms with Crippen LogP contribution >= 0.6 is 11.3 Å². The summed E-state index contributed by atoms with van der Waals surface area (Å²) in [5, 5.41) is 19.9. The minimum absolute atomic E-state index is 0.00676. The molecule has 234 valence electrons. The summed E-state index contributed by atoms with van der Waals surface area (Å²) in [7, 11) is 0. The molecule has 2 N–H and O–H groups in total. The number of thiophene rings is 1. The molecule has 12 heteroatoms. The number of hydrogen-bond donors (Lipinski definition) is 2. The van der Waals surface area contributed by atoms with E-state index in [9.17, 15) is 19.1 Å². The summed E-state index contributed by atoms with van der Waals surface area (Å²) in [5.74, 6) is -1.95. The van der Waals surface area contributed by atoms with E-state index < -0.39 is 11.6 Å². The number of fused-ring (bicyclic) bond motifs is 3. The number of aromatic nitrogens is 3. The van der Waals surface area contributed by atoms with E-state index in [-0.39, 0.29) is 42.4 Å². The molecule has 0 spiro atoms. The molecule has 2 amide bonds. The van der Waals surface area contributed by atoms with E-state index in [1.54, 1.807) is 4.90 Å². The average Bonchev–Trinajstić information content (AvgIpc) is 3.69. The van der Waals surface area contributed by atoms with Crippen molar-refractivity contribution in [3.63, 3.8) is 0 Å². The van der Waals surface area contributed by atoms with Crippen molar-refractivity contribution in [1.29, 1.82) is 0 Å². The number of aliphatic hydroxyl groups is 1. The van der Waals surface area contributed by atoms with Gasteiger partial charge in [-0.25, -0.2) is 13.8 Å². The molecule has 0 fully saturated rings. The lowest BCUT2D eigenvalue weighted by Crippen LogP contribution is -2.44. The molecule has 1 unspecified atom stereocenters. The van der Waals surface area contributed by atoms with Crippen LogP contribution in [-0.4, -0.2) is 55.8 Å². The predicted octanol–water partition coefficient (Wildman–Crippen LogP) is 5.23. The number of amides is 2. The monoisotopic (exact) mass is 641 g/mol. The van der Waals surface area contributed by atoms with Crippen LogP contribution in [0.2, 0.25) is 0 Å². The van der Waals surface area contributed by atoms with Crippen molar-refractivity contribution in [1.82, 2.24) is 25.0 Å². The molecule has 0 saturated heterocycles. The lowest BCUT2D eigenvalue weighted by Gasteiger charge is -2.33. The average molecular weight is 642 g/mol. The van der Waals surface area contributed by atoms with Crippen LogP contribution in [0.4, 0.5) is 8.78 Å². The molecule has 5 aromatic rings. The number of carbonyl (C=O) groups excluding carboxylic acids is 2. The summed E-state index contributed by atoms with van der Waals surface area (Å²) in [6, 6.07) is 11.4. The number of aliphatic hydroxyl groups excluding tert-OH is 1. The lowest BCUT2D eigenvalue weighted by molar-refractivity contribution is -0.129.